The molecule has 0 bridgehead atoms. The topological polar surface area (TPSA) is 170 Å². The minimum atomic E-state index is -0.681. The van der Waals surface area contributed by atoms with Crippen molar-refractivity contribution in [1.82, 2.24) is 20.4 Å². The molecule has 0 radical (unpaired) electrons. The first-order valence-electron chi connectivity index (χ1n) is 31.5. The second-order valence-corrected chi connectivity index (χ2v) is 25.7. The minimum absolute atomic E-state index is 0.181. The third-order valence-corrected chi connectivity index (χ3v) is 17.9. The van der Waals surface area contributed by atoms with Crippen LogP contribution in [0.4, 0.5) is 0 Å². The summed E-state index contributed by atoms with van der Waals surface area (Å²) < 4.78 is 21.8. The summed E-state index contributed by atoms with van der Waals surface area (Å²) in [6.45, 7) is 12.5. The van der Waals surface area contributed by atoms with Gasteiger partial charge in [0.05, 0.1) is 25.7 Å². The van der Waals surface area contributed by atoms with E-state index in [0.717, 1.165) is 51.4 Å². The Bertz CT molecular complexity index is 1720. The quantitative estimate of drug-likeness (QED) is 0.0194. The van der Waals surface area contributed by atoms with E-state index in [-0.39, 0.29) is 87.8 Å². The lowest BCUT2D eigenvalue weighted by molar-refractivity contribution is -0.144. The van der Waals surface area contributed by atoms with Crippen molar-refractivity contribution in [3.8, 4) is 0 Å². The molecule has 0 aromatic heterocycles. The highest BCUT2D eigenvalue weighted by atomic mass is 33.1. The molecule has 0 aliphatic carbocycles. The highest BCUT2D eigenvalue weighted by Crippen LogP contribution is 2.25. The van der Waals surface area contributed by atoms with Crippen LogP contribution in [0, 0.1) is 0 Å². The van der Waals surface area contributed by atoms with Gasteiger partial charge in [-0.3, -0.25) is 28.8 Å². The Labute approximate surface area is 523 Å². The number of carbonyl (C=O) groups is 6. The third-order valence-electron chi connectivity index (χ3n) is 13.1. The van der Waals surface area contributed by atoms with Crippen LogP contribution in [0.1, 0.15) is 182 Å². The maximum absolute atomic E-state index is 13.2. The maximum Gasteiger partial charge on any atom is 0.307 e. The average Bonchev–Trinajstić information content (AvgIpc) is 3.68. The number of hydrogen-bond acceptors (Lipinski definition) is 16. The number of esters is 4. The molecule has 0 aromatic rings. The molecule has 18 heteroatoms. The van der Waals surface area contributed by atoms with Crippen molar-refractivity contribution in [2.75, 3.05) is 88.7 Å². The number of carbonyl (C=O) groups excluding carboxylic acids is 6. The Hall–Kier alpha value is -3.94. The predicted octanol–water partition coefficient (Wildman–Crippen LogP) is 14.4. The van der Waals surface area contributed by atoms with E-state index in [2.05, 4.69) is 96.7 Å². The van der Waals surface area contributed by atoms with Gasteiger partial charge in [-0.1, -0.05) is 219 Å². The molecule has 2 amide bonds. The van der Waals surface area contributed by atoms with E-state index in [4.69, 9.17) is 18.9 Å². The van der Waals surface area contributed by atoms with E-state index in [9.17, 15) is 28.8 Å². The Kier molecular flexibility index (Phi) is 55.2. The fourth-order valence-corrected chi connectivity index (χ4v) is 12.4. The molecule has 1 aliphatic heterocycles. The second kappa shape index (κ2) is 59.4. The molecule has 2 N–H and O–H groups in total. The number of nitrogens with one attached hydrogen (secondary N) is 2. The van der Waals surface area contributed by atoms with E-state index in [0.29, 0.717) is 62.3 Å². The van der Waals surface area contributed by atoms with Crippen molar-refractivity contribution in [3.05, 3.63) is 97.2 Å². The molecule has 0 saturated carbocycles. The standard InChI is InChI=1S/C66H108N4O10S4/c1-5-9-13-17-21-25-29-33-37-51-77-61(71)41-45-69(46-42-62(72)78-52-38-34-30-26-22-18-14-10-6-2)49-55-81-83-57-59-65(75)68-60(66(76)67-59)58-84-82-56-50-70(47-43-63(73)79-53-39-35-31-27-23-19-15-11-7-3)48-44-64(74)80-54-40-36-32-28-24-20-16-12-8-4/h21-28,33-40,59-60H,5-20,29-32,41-58H2,1-4H3,(H,67,76)(H,68,75)/b25-21-,26-22-,27-23-,28-24-,37-33-,38-34-,39-35-,40-36-. The highest BCUT2D eigenvalue weighted by Gasteiger charge is 2.33. The maximum atomic E-state index is 13.2. The van der Waals surface area contributed by atoms with Gasteiger partial charge in [0.1, 0.15) is 38.5 Å². The number of rotatable bonds is 56. The predicted molar refractivity (Wildman–Crippen MR) is 357 cm³/mol. The summed E-state index contributed by atoms with van der Waals surface area (Å²) in [5.41, 5.74) is 0. The zero-order valence-electron chi connectivity index (χ0n) is 51.9. The monoisotopic (exact) mass is 1240 g/mol. The van der Waals surface area contributed by atoms with Crippen molar-refractivity contribution in [3.63, 3.8) is 0 Å². The van der Waals surface area contributed by atoms with Crippen molar-refractivity contribution >= 4 is 78.9 Å². The number of allylic oxidation sites excluding steroid dienone is 12. The molecule has 0 aromatic carbocycles. The third kappa shape index (κ3) is 50.2. The Morgan fingerprint density at radius 2 is 0.631 bits per heavy atom. The molecule has 476 valence electrons. The van der Waals surface area contributed by atoms with Gasteiger partial charge in [-0.15, -0.1) is 0 Å². The van der Waals surface area contributed by atoms with Gasteiger partial charge in [-0.05, 0) is 77.0 Å². The summed E-state index contributed by atoms with van der Waals surface area (Å²) in [6.07, 6.45) is 55.6. The summed E-state index contributed by atoms with van der Waals surface area (Å²) in [6, 6.07) is -1.36. The zero-order chi connectivity index (χ0) is 61.0. The Balaban J connectivity index is 2.64. The van der Waals surface area contributed by atoms with Crippen LogP contribution in [-0.4, -0.2) is 146 Å². The molecule has 1 heterocycles. The lowest BCUT2D eigenvalue weighted by atomic mass is 10.2. The van der Waals surface area contributed by atoms with Crippen LogP contribution in [0.5, 0.6) is 0 Å². The summed E-state index contributed by atoms with van der Waals surface area (Å²) in [5.74, 6) is 0.366. The Morgan fingerprint density at radius 3 is 0.893 bits per heavy atom. The molecule has 1 fully saturated rings. The van der Waals surface area contributed by atoms with Gasteiger partial charge in [0, 0.05) is 62.3 Å². The Morgan fingerprint density at radius 1 is 0.369 bits per heavy atom. The van der Waals surface area contributed by atoms with Crippen LogP contribution in [0.2, 0.25) is 0 Å². The first-order chi connectivity index (χ1) is 41.1. The number of hydrogen-bond donors (Lipinski definition) is 2. The van der Waals surface area contributed by atoms with E-state index in [1.165, 1.54) is 98.6 Å². The van der Waals surface area contributed by atoms with Gasteiger partial charge in [-0.2, -0.15) is 0 Å². The van der Waals surface area contributed by atoms with Crippen molar-refractivity contribution in [2.24, 2.45) is 0 Å². The fraction of sp³-hybridized carbons (Fsp3) is 0.667. The summed E-state index contributed by atoms with van der Waals surface area (Å²) in [5, 5.41) is 5.80. The minimum Gasteiger partial charge on any atom is -0.461 e. The van der Waals surface area contributed by atoms with Crippen molar-refractivity contribution in [2.45, 2.75) is 194 Å². The van der Waals surface area contributed by atoms with Gasteiger partial charge in [0.25, 0.3) is 0 Å². The fourth-order valence-electron chi connectivity index (χ4n) is 7.99. The van der Waals surface area contributed by atoms with E-state index in [1.807, 2.05) is 48.6 Å². The van der Waals surface area contributed by atoms with Gasteiger partial charge in [0.2, 0.25) is 11.8 Å². The lowest BCUT2D eigenvalue weighted by Gasteiger charge is -2.29. The molecule has 1 aliphatic rings. The zero-order valence-corrected chi connectivity index (χ0v) is 55.1. The van der Waals surface area contributed by atoms with Crippen LogP contribution >= 0.6 is 43.2 Å². The van der Waals surface area contributed by atoms with Gasteiger partial charge in [0.15, 0.2) is 0 Å². The number of nitrogens with zero attached hydrogens (tertiary/aromatic N) is 2. The molecular weight excluding hydrogens is 1140 g/mol. The second-order valence-electron chi connectivity index (χ2n) is 20.4. The number of amides is 2. The van der Waals surface area contributed by atoms with Crippen LogP contribution < -0.4 is 10.6 Å². The van der Waals surface area contributed by atoms with Crippen molar-refractivity contribution < 1.29 is 47.7 Å². The largest absolute Gasteiger partial charge is 0.461 e. The van der Waals surface area contributed by atoms with Crippen LogP contribution in [0.25, 0.3) is 0 Å². The average molecular weight is 1250 g/mol. The van der Waals surface area contributed by atoms with Gasteiger partial charge >= 0.3 is 23.9 Å². The molecule has 84 heavy (non-hydrogen) atoms. The molecule has 1 saturated heterocycles. The number of ether oxygens (including phenoxy) is 4. The smallest absolute Gasteiger partial charge is 0.307 e. The number of piperazine rings is 1. The molecular formula is C66H108N4O10S4. The van der Waals surface area contributed by atoms with Crippen molar-refractivity contribution in [1.29, 1.82) is 0 Å². The summed E-state index contributed by atoms with van der Waals surface area (Å²) >= 11 is 0. The molecule has 1 rings (SSSR count). The molecule has 2 atom stereocenters. The first kappa shape index (κ1) is 78.1. The van der Waals surface area contributed by atoms with E-state index < -0.39 is 12.1 Å². The summed E-state index contributed by atoms with van der Waals surface area (Å²) in [7, 11) is 6.10. The number of unbranched alkanes of at least 4 members (excludes halogenated alkanes) is 12. The van der Waals surface area contributed by atoms with Gasteiger partial charge < -0.3 is 39.4 Å². The van der Waals surface area contributed by atoms with E-state index >= 15 is 0 Å². The molecule has 2 unspecified atom stereocenters. The SMILES string of the molecule is CCCCC/C=C\C/C=C\COC(=O)CCN(CCSSCC1NC(=O)C(CSSCCN(CCC(=O)OC/C=C\C/C=C\CCCCC)CCC(=O)OC/C=C\C/C=C\CCCCC)NC1=O)CCC(=O)OC/C=C\C/C=C\CCCCC. The van der Waals surface area contributed by atoms with Crippen LogP contribution in [0.15, 0.2) is 97.2 Å². The first-order valence-corrected chi connectivity index (χ1v) is 36.5. The van der Waals surface area contributed by atoms with Crippen LogP contribution in [0.3, 0.4) is 0 Å². The van der Waals surface area contributed by atoms with Crippen LogP contribution in [-0.2, 0) is 47.7 Å². The molecule has 0 spiro atoms. The summed E-state index contributed by atoms with van der Waals surface area (Å²) in [4.78, 5) is 81.2. The molecule has 14 nitrogen and oxygen atoms in total. The highest BCUT2D eigenvalue weighted by molar-refractivity contribution is 8.77. The van der Waals surface area contributed by atoms with E-state index in [1.54, 1.807) is 21.6 Å². The van der Waals surface area contributed by atoms with Gasteiger partial charge in [-0.25, -0.2) is 0 Å². The lowest BCUT2D eigenvalue weighted by Crippen LogP contribution is -2.63. The normalized spacial score (nSPS) is 15.0.